The predicted octanol–water partition coefficient (Wildman–Crippen LogP) is 2.41. The highest BCUT2D eigenvalue weighted by Crippen LogP contribution is 2.36. The molecule has 0 saturated carbocycles. The van der Waals surface area contributed by atoms with Crippen LogP contribution in [0.15, 0.2) is 28.0 Å². The van der Waals surface area contributed by atoms with Gasteiger partial charge in [-0.25, -0.2) is 13.1 Å². The van der Waals surface area contributed by atoms with Gasteiger partial charge in [-0.1, -0.05) is 12.1 Å². The highest BCUT2D eigenvalue weighted by atomic mass is 32.2. The van der Waals surface area contributed by atoms with Crippen LogP contribution >= 0.6 is 11.8 Å². The Morgan fingerprint density at radius 3 is 2.65 bits per heavy atom. The summed E-state index contributed by atoms with van der Waals surface area (Å²) in [5, 5.41) is 0. The average molecular weight is 271 g/mol. The zero-order valence-corrected chi connectivity index (χ0v) is 11.9. The van der Waals surface area contributed by atoms with E-state index in [-0.39, 0.29) is 0 Å². The number of benzene rings is 1. The lowest BCUT2D eigenvalue weighted by atomic mass is 10.1. The lowest BCUT2D eigenvalue weighted by Gasteiger charge is -2.21. The number of thioether (sulfide) groups is 1. The van der Waals surface area contributed by atoms with Crippen molar-refractivity contribution in [3.63, 3.8) is 0 Å². The molecule has 1 aromatic rings. The Morgan fingerprint density at radius 2 is 2.00 bits per heavy atom. The van der Waals surface area contributed by atoms with Crippen LogP contribution in [-0.2, 0) is 16.4 Å². The molecule has 0 bridgehead atoms. The Balaban J connectivity index is 2.45. The van der Waals surface area contributed by atoms with Crippen LogP contribution in [-0.4, -0.2) is 19.7 Å². The molecule has 1 aliphatic heterocycles. The molecule has 17 heavy (non-hydrogen) atoms. The SMILES string of the molecule is CC(C)(C)NS(=O)(=O)c1cccc2c1SCC2. The van der Waals surface area contributed by atoms with Gasteiger partial charge in [0.15, 0.2) is 0 Å². The third-order valence-electron chi connectivity index (χ3n) is 2.41. The Kier molecular flexibility index (Phi) is 3.27. The van der Waals surface area contributed by atoms with Crippen LogP contribution < -0.4 is 4.72 Å². The van der Waals surface area contributed by atoms with Crippen molar-refractivity contribution in [2.45, 2.75) is 42.5 Å². The highest BCUT2D eigenvalue weighted by molar-refractivity contribution is 8.00. The van der Waals surface area contributed by atoms with Crippen LogP contribution in [0, 0.1) is 0 Å². The molecule has 5 heteroatoms. The van der Waals surface area contributed by atoms with Gasteiger partial charge in [-0.2, -0.15) is 0 Å². The van der Waals surface area contributed by atoms with Crippen molar-refractivity contribution < 1.29 is 8.42 Å². The van der Waals surface area contributed by atoms with Gasteiger partial charge in [0.2, 0.25) is 10.0 Å². The van der Waals surface area contributed by atoms with E-state index in [0.717, 1.165) is 22.6 Å². The molecule has 0 atom stereocenters. The van der Waals surface area contributed by atoms with Crippen LogP contribution in [0.25, 0.3) is 0 Å². The van der Waals surface area contributed by atoms with E-state index in [2.05, 4.69) is 4.72 Å². The number of hydrogen-bond donors (Lipinski definition) is 1. The van der Waals surface area contributed by atoms with Crippen molar-refractivity contribution in [3.8, 4) is 0 Å². The molecule has 0 aliphatic carbocycles. The van der Waals surface area contributed by atoms with E-state index in [1.807, 2.05) is 32.9 Å². The molecule has 0 saturated heterocycles. The van der Waals surface area contributed by atoms with Gasteiger partial charge >= 0.3 is 0 Å². The first-order valence-corrected chi connectivity index (χ1v) is 8.05. The molecule has 0 radical (unpaired) electrons. The summed E-state index contributed by atoms with van der Waals surface area (Å²) in [5.74, 6) is 0.970. The van der Waals surface area contributed by atoms with E-state index in [1.165, 1.54) is 0 Å². The molecule has 1 heterocycles. The third-order valence-corrected chi connectivity index (χ3v) is 5.52. The maximum Gasteiger partial charge on any atom is 0.242 e. The largest absolute Gasteiger partial charge is 0.242 e. The van der Waals surface area contributed by atoms with Gasteiger partial charge in [-0.05, 0) is 38.8 Å². The minimum Gasteiger partial charge on any atom is -0.207 e. The number of aryl methyl sites for hydroxylation is 1. The van der Waals surface area contributed by atoms with Crippen molar-refractivity contribution in [1.82, 2.24) is 4.72 Å². The normalized spacial score (nSPS) is 15.9. The number of rotatable bonds is 2. The summed E-state index contributed by atoms with van der Waals surface area (Å²) in [5.41, 5.74) is 0.692. The molecule has 0 spiro atoms. The molecule has 0 aromatic heterocycles. The van der Waals surface area contributed by atoms with Gasteiger partial charge in [-0.3, -0.25) is 0 Å². The fourth-order valence-corrected chi connectivity index (χ4v) is 5.00. The number of hydrogen-bond acceptors (Lipinski definition) is 3. The summed E-state index contributed by atoms with van der Waals surface area (Å²) in [6.07, 6.45) is 0.957. The topological polar surface area (TPSA) is 46.2 Å². The van der Waals surface area contributed by atoms with E-state index >= 15 is 0 Å². The highest BCUT2D eigenvalue weighted by Gasteiger charge is 2.27. The van der Waals surface area contributed by atoms with Gasteiger partial charge in [0.1, 0.15) is 0 Å². The molecule has 2 rings (SSSR count). The minimum absolute atomic E-state index is 0.424. The molecule has 0 unspecified atom stereocenters. The second kappa shape index (κ2) is 4.30. The van der Waals surface area contributed by atoms with Crippen molar-refractivity contribution in [3.05, 3.63) is 23.8 Å². The van der Waals surface area contributed by atoms with Crippen LogP contribution in [0.4, 0.5) is 0 Å². The lowest BCUT2D eigenvalue weighted by molar-refractivity contribution is 0.490. The Bertz CT molecular complexity index is 530. The summed E-state index contributed by atoms with van der Waals surface area (Å²) in [7, 11) is -3.41. The van der Waals surface area contributed by atoms with Crippen molar-refractivity contribution in [2.75, 3.05) is 5.75 Å². The predicted molar refractivity (Wildman–Crippen MR) is 70.9 cm³/mol. The molecular formula is C12H17NO2S2. The Hall–Kier alpha value is -0.520. The van der Waals surface area contributed by atoms with Gasteiger partial charge in [-0.15, -0.1) is 11.8 Å². The van der Waals surface area contributed by atoms with Gasteiger partial charge in [0.25, 0.3) is 0 Å². The number of nitrogens with one attached hydrogen (secondary N) is 1. The minimum atomic E-state index is -3.41. The fourth-order valence-electron chi connectivity index (χ4n) is 1.85. The summed E-state index contributed by atoms with van der Waals surface area (Å²) in [6, 6.07) is 5.51. The van der Waals surface area contributed by atoms with Crippen molar-refractivity contribution in [1.29, 1.82) is 0 Å². The third kappa shape index (κ3) is 2.84. The first-order valence-electron chi connectivity index (χ1n) is 5.58. The fraction of sp³-hybridized carbons (Fsp3) is 0.500. The lowest BCUT2D eigenvalue weighted by Crippen LogP contribution is -2.40. The van der Waals surface area contributed by atoms with Gasteiger partial charge < -0.3 is 0 Å². The molecule has 1 N–H and O–H groups in total. The quantitative estimate of drug-likeness (QED) is 0.898. The van der Waals surface area contributed by atoms with Crippen LogP contribution in [0.5, 0.6) is 0 Å². The van der Waals surface area contributed by atoms with Crippen LogP contribution in [0.3, 0.4) is 0 Å². The van der Waals surface area contributed by atoms with E-state index in [4.69, 9.17) is 0 Å². The smallest absolute Gasteiger partial charge is 0.207 e. The zero-order chi connectivity index (χ0) is 12.7. The monoisotopic (exact) mass is 271 g/mol. The molecule has 0 fully saturated rings. The summed E-state index contributed by atoms with van der Waals surface area (Å²) < 4.78 is 27.3. The van der Waals surface area contributed by atoms with E-state index < -0.39 is 15.6 Å². The molecule has 0 amide bonds. The second-order valence-corrected chi connectivity index (χ2v) is 7.95. The van der Waals surface area contributed by atoms with E-state index in [9.17, 15) is 8.42 Å². The molecule has 3 nitrogen and oxygen atoms in total. The molecule has 1 aromatic carbocycles. The van der Waals surface area contributed by atoms with Crippen molar-refractivity contribution in [2.24, 2.45) is 0 Å². The average Bonchev–Trinajstić information content (AvgIpc) is 2.60. The van der Waals surface area contributed by atoms with Gasteiger partial charge in [0, 0.05) is 16.2 Å². The maximum absolute atomic E-state index is 12.3. The van der Waals surface area contributed by atoms with E-state index in [1.54, 1.807) is 17.8 Å². The second-order valence-electron chi connectivity index (χ2n) is 5.20. The maximum atomic E-state index is 12.3. The molecule has 1 aliphatic rings. The van der Waals surface area contributed by atoms with Crippen LogP contribution in [0.2, 0.25) is 0 Å². The van der Waals surface area contributed by atoms with Gasteiger partial charge in [0.05, 0.1) is 4.90 Å². The summed E-state index contributed by atoms with van der Waals surface area (Å²) in [6.45, 7) is 5.54. The summed E-state index contributed by atoms with van der Waals surface area (Å²) in [4.78, 5) is 1.34. The number of sulfonamides is 1. The molecule has 94 valence electrons. The molecular weight excluding hydrogens is 254 g/mol. The zero-order valence-electron chi connectivity index (χ0n) is 10.3. The van der Waals surface area contributed by atoms with E-state index in [0.29, 0.717) is 4.90 Å². The first-order chi connectivity index (χ1) is 7.80. The Morgan fingerprint density at radius 1 is 1.29 bits per heavy atom. The standard InChI is InChI=1S/C12H17NO2S2/c1-12(2,3)13-17(14,15)10-6-4-5-9-7-8-16-11(9)10/h4-6,13H,7-8H2,1-3H3. The summed E-state index contributed by atoms with van der Waals surface area (Å²) >= 11 is 1.63. The Labute approximate surface area is 107 Å². The first kappa shape index (κ1) is 12.9. The van der Waals surface area contributed by atoms with Crippen LogP contribution in [0.1, 0.15) is 26.3 Å². The number of fused-ring (bicyclic) bond motifs is 1. The van der Waals surface area contributed by atoms with Crippen molar-refractivity contribution >= 4 is 21.8 Å².